The summed E-state index contributed by atoms with van der Waals surface area (Å²) in [6, 6.07) is 8.82. The van der Waals surface area contributed by atoms with Crippen LogP contribution in [0.3, 0.4) is 0 Å². The molecule has 0 amide bonds. The molecule has 0 radical (unpaired) electrons. The Morgan fingerprint density at radius 3 is 2.68 bits per heavy atom. The van der Waals surface area contributed by atoms with Crippen LogP contribution >= 0.6 is 24.0 Å². The maximum absolute atomic E-state index is 5.52. The Morgan fingerprint density at radius 1 is 1.29 bits per heavy atom. The van der Waals surface area contributed by atoms with Gasteiger partial charge in [-0.1, -0.05) is 12.1 Å². The van der Waals surface area contributed by atoms with Crippen molar-refractivity contribution in [3.05, 3.63) is 29.8 Å². The number of guanidine groups is 1. The van der Waals surface area contributed by atoms with E-state index in [0.29, 0.717) is 12.6 Å². The summed E-state index contributed by atoms with van der Waals surface area (Å²) in [5.41, 5.74) is 1.24. The van der Waals surface area contributed by atoms with E-state index in [9.17, 15) is 0 Å². The summed E-state index contributed by atoms with van der Waals surface area (Å²) in [5, 5.41) is 3.42. The molecule has 2 rings (SSSR count). The molecular formula is C21H37IN4O2. The van der Waals surface area contributed by atoms with Gasteiger partial charge in [0.05, 0.1) is 19.8 Å². The van der Waals surface area contributed by atoms with Crippen LogP contribution in [-0.4, -0.2) is 75.4 Å². The van der Waals surface area contributed by atoms with Crippen LogP contribution in [0.1, 0.15) is 32.3 Å². The molecule has 1 saturated heterocycles. The van der Waals surface area contributed by atoms with Gasteiger partial charge in [0.25, 0.3) is 0 Å². The molecule has 0 aliphatic carbocycles. The average molecular weight is 504 g/mol. The summed E-state index contributed by atoms with van der Waals surface area (Å²) in [5.74, 6) is 1.88. The van der Waals surface area contributed by atoms with E-state index in [1.165, 1.54) is 18.4 Å². The lowest BCUT2D eigenvalue weighted by atomic mass is 10.2. The van der Waals surface area contributed by atoms with E-state index >= 15 is 0 Å². The Balaban J connectivity index is 0.00000392. The standard InChI is InChI=1S/C21H36N4O2.HI/c1-5-22-21(23-16-19-8-7-13-25(19)14-15-26-4)24(3)17-18-9-11-20(12-10-18)27-6-2;/h9-12,19H,5-8,13-17H2,1-4H3,(H,22,23);1H. The minimum atomic E-state index is 0. The number of nitrogens with one attached hydrogen (secondary N) is 1. The molecule has 6 nitrogen and oxygen atoms in total. The van der Waals surface area contributed by atoms with Crippen molar-refractivity contribution in [3.63, 3.8) is 0 Å². The Kier molecular flexibility index (Phi) is 12.5. The smallest absolute Gasteiger partial charge is 0.194 e. The third-order valence-electron chi connectivity index (χ3n) is 4.88. The summed E-state index contributed by atoms with van der Waals surface area (Å²) in [7, 11) is 3.86. The first-order valence-corrected chi connectivity index (χ1v) is 10.1. The maximum atomic E-state index is 5.52. The Hall–Kier alpha value is -1.06. The second-order valence-corrected chi connectivity index (χ2v) is 6.95. The largest absolute Gasteiger partial charge is 0.494 e. The van der Waals surface area contributed by atoms with E-state index in [4.69, 9.17) is 14.5 Å². The molecule has 1 unspecified atom stereocenters. The summed E-state index contributed by atoms with van der Waals surface area (Å²) >= 11 is 0. The number of nitrogens with zero attached hydrogens (tertiary/aromatic N) is 3. The van der Waals surface area contributed by atoms with Crippen molar-refractivity contribution in [3.8, 4) is 5.75 Å². The van der Waals surface area contributed by atoms with Crippen LogP contribution in [0.25, 0.3) is 0 Å². The molecule has 0 bridgehead atoms. The molecule has 1 heterocycles. The summed E-state index contributed by atoms with van der Waals surface area (Å²) in [6.07, 6.45) is 2.47. The first kappa shape index (κ1) is 25.0. The van der Waals surface area contributed by atoms with Gasteiger partial charge in [0.2, 0.25) is 0 Å². The highest BCUT2D eigenvalue weighted by Crippen LogP contribution is 2.17. The van der Waals surface area contributed by atoms with Crippen molar-refractivity contribution in [2.75, 3.05) is 53.6 Å². The zero-order valence-corrected chi connectivity index (χ0v) is 20.1. The number of ether oxygens (including phenoxy) is 2. The molecule has 1 N–H and O–H groups in total. The van der Waals surface area contributed by atoms with Gasteiger partial charge in [-0.05, 0) is 50.9 Å². The second kappa shape index (κ2) is 14.0. The van der Waals surface area contributed by atoms with Crippen LogP contribution in [0.4, 0.5) is 0 Å². The number of hydrogen-bond acceptors (Lipinski definition) is 4. The highest BCUT2D eigenvalue weighted by atomic mass is 127. The normalized spacial score (nSPS) is 17.3. The van der Waals surface area contributed by atoms with Crippen LogP contribution in [-0.2, 0) is 11.3 Å². The van der Waals surface area contributed by atoms with Crippen molar-refractivity contribution >= 4 is 29.9 Å². The Morgan fingerprint density at radius 2 is 2.04 bits per heavy atom. The molecule has 1 aliphatic heterocycles. The fourth-order valence-corrected chi connectivity index (χ4v) is 3.47. The van der Waals surface area contributed by atoms with Crippen molar-refractivity contribution in [2.45, 2.75) is 39.3 Å². The highest BCUT2D eigenvalue weighted by molar-refractivity contribution is 14.0. The van der Waals surface area contributed by atoms with Crippen LogP contribution in [0, 0.1) is 0 Å². The van der Waals surface area contributed by atoms with Crippen molar-refractivity contribution in [1.82, 2.24) is 15.1 Å². The maximum Gasteiger partial charge on any atom is 0.194 e. The summed E-state index contributed by atoms with van der Waals surface area (Å²) in [6.45, 7) is 10.3. The molecule has 1 atom stereocenters. The van der Waals surface area contributed by atoms with E-state index < -0.39 is 0 Å². The van der Waals surface area contributed by atoms with Gasteiger partial charge < -0.3 is 19.7 Å². The first-order valence-electron chi connectivity index (χ1n) is 10.1. The topological polar surface area (TPSA) is 49.3 Å². The lowest BCUT2D eigenvalue weighted by molar-refractivity contribution is 0.142. The third kappa shape index (κ3) is 8.13. The van der Waals surface area contributed by atoms with Crippen LogP contribution in [0.5, 0.6) is 5.75 Å². The fraction of sp³-hybridized carbons (Fsp3) is 0.667. The van der Waals surface area contributed by atoms with Gasteiger partial charge in [-0.3, -0.25) is 9.89 Å². The number of hydrogen-bond donors (Lipinski definition) is 1. The number of rotatable bonds is 10. The number of benzene rings is 1. The van der Waals surface area contributed by atoms with Gasteiger partial charge in [0, 0.05) is 39.8 Å². The molecule has 1 aliphatic rings. The van der Waals surface area contributed by atoms with E-state index in [0.717, 1.165) is 51.0 Å². The minimum Gasteiger partial charge on any atom is -0.494 e. The van der Waals surface area contributed by atoms with Crippen LogP contribution < -0.4 is 10.1 Å². The van der Waals surface area contributed by atoms with Crippen LogP contribution in [0.15, 0.2) is 29.3 Å². The van der Waals surface area contributed by atoms with Gasteiger partial charge in [0.15, 0.2) is 5.96 Å². The summed E-state index contributed by atoms with van der Waals surface area (Å²) in [4.78, 5) is 9.61. The monoisotopic (exact) mass is 504 g/mol. The summed E-state index contributed by atoms with van der Waals surface area (Å²) < 4.78 is 10.8. The van der Waals surface area contributed by atoms with Crippen molar-refractivity contribution in [1.29, 1.82) is 0 Å². The van der Waals surface area contributed by atoms with E-state index in [1.807, 2.05) is 19.1 Å². The highest BCUT2D eigenvalue weighted by Gasteiger charge is 2.24. The van der Waals surface area contributed by atoms with E-state index in [2.05, 4.69) is 41.2 Å². The quantitative estimate of drug-likeness (QED) is 0.301. The Labute approximate surface area is 187 Å². The number of methoxy groups -OCH3 is 1. The lowest BCUT2D eigenvalue weighted by Crippen LogP contribution is -2.40. The zero-order valence-electron chi connectivity index (χ0n) is 17.8. The zero-order chi connectivity index (χ0) is 19.5. The molecule has 0 aromatic heterocycles. The van der Waals surface area contributed by atoms with E-state index in [1.54, 1.807) is 7.11 Å². The minimum absolute atomic E-state index is 0. The molecule has 160 valence electrons. The predicted octanol–water partition coefficient (Wildman–Crippen LogP) is 3.21. The Bertz CT molecular complexity index is 568. The SMILES string of the molecule is CCNC(=NCC1CCCN1CCOC)N(C)Cc1ccc(OCC)cc1.I. The van der Waals surface area contributed by atoms with Crippen molar-refractivity contribution < 1.29 is 9.47 Å². The van der Waals surface area contributed by atoms with Gasteiger partial charge in [0.1, 0.15) is 5.75 Å². The van der Waals surface area contributed by atoms with Crippen LogP contribution in [0.2, 0.25) is 0 Å². The van der Waals surface area contributed by atoms with Gasteiger partial charge in [-0.15, -0.1) is 24.0 Å². The van der Waals surface area contributed by atoms with Gasteiger partial charge in [-0.25, -0.2) is 0 Å². The average Bonchev–Trinajstić information content (AvgIpc) is 3.12. The van der Waals surface area contributed by atoms with Crippen molar-refractivity contribution in [2.24, 2.45) is 4.99 Å². The molecule has 0 spiro atoms. The van der Waals surface area contributed by atoms with Gasteiger partial charge in [-0.2, -0.15) is 0 Å². The molecular weight excluding hydrogens is 467 g/mol. The second-order valence-electron chi connectivity index (χ2n) is 6.95. The number of likely N-dealkylation sites (tertiary alicyclic amines) is 1. The molecule has 1 aromatic rings. The number of aliphatic imine (C=N–C) groups is 1. The first-order chi connectivity index (χ1) is 13.2. The number of halogens is 1. The fourth-order valence-electron chi connectivity index (χ4n) is 3.47. The molecule has 28 heavy (non-hydrogen) atoms. The molecule has 1 aromatic carbocycles. The molecule has 7 heteroatoms. The van der Waals surface area contributed by atoms with E-state index in [-0.39, 0.29) is 24.0 Å². The van der Waals surface area contributed by atoms with Gasteiger partial charge >= 0.3 is 0 Å². The predicted molar refractivity (Wildman–Crippen MR) is 127 cm³/mol. The lowest BCUT2D eigenvalue weighted by Gasteiger charge is -2.25. The third-order valence-corrected chi connectivity index (χ3v) is 4.88. The molecule has 1 fully saturated rings. The molecule has 0 saturated carbocycles.